The maximum absolute atomic E-state index is 12.8. The second kappa shape index (κ2) is 8.16. The second-order valence-corrected chi connectivity index (χ2v) is 6.65. The van der Waals surface area contributed by atoms with Gasteiger partial charge in [0.15, 0.2) is 0 Å². The van der Waals surface area contributed by atoms with Crippen LogP contribution >= 0.6 is 0 Å². The van der Waals surface area contributed by atoms with E-state index >= 15 is 0 Å². The molecule has 1 saturated heterocycles. The fourth-order valence-corrected chi connectivity index (χ4v) is 3.24. The topological polar surface area (TPSA) is 78.4 Å². The number of nitrogens with one attached hydrogen (secondary N) is 1. The van der Waals surface area contributed by atoms with Gasteiger partial charge in [0.2, 0.25) is 11.9 Å². The summed E-state index contributed by atoms with van der Waals surface area (Å²) < 4.78 is 0. The average Bonchev–Trinajstić information content (AvgIpc) is 2.69. The molecule has 0 spiro atoms. The van der Waals surface area contributed by atoms with Crippen molar-refractivity contribution in [3.63, 3.8) is 0 Å². The normalized spacial score (nSPS) is 14.2. The molecule has 1 aliphatic heterocycles. The Kier molecular flexibility index (Phi) is 5.69. The molecule has 0 radical (unpaired) electrons. The number of hydrogen-bond acceptors (Lipinski definition) is 5. The number of anilines is 2. The van der Waals surface area contributed by atoms with Crippen molar-refractivity contribution in [3.8, 4) is 0 Å². The number of aryl methyl sites for hydroxylation is 2. The summed E-state index contributed by atoms with van der Waals surface area (Å²) in [5.41, 5.74) is 3.63. The van der Waals surface area contributed by atoms with Crippen LogP contribution in [0.4, 0.5) is 11.6 Å². The molecular formula is C20H25N5O2. The van der Waals surface area contributed by atoms with Gasteiger partial charge in [-0.05, 0) is 30.5 Å². The Bertz CT molecular complexity index is 844. The van der Waals surface area contributed by atoms with Gasteiger partial charge in [-0.2, -0.15) is 0 Å². The Hall–Kier alpha value is -2.96. The third-order valence-corrected chi connectivity index (χ3v) is 4.86. The van der Waals surface area contributed by atoms with E-state index in [2.05, 4.69) is 28.3 Å². The van der Waals surface area contributed by atoms with Crippen LogP contribution in [-0.4, -0.2) is 57.8 Å². The van der Waals surface area contributed by atoms with E-state index in [-0.39, 0.29) is 11.8 Å². The van der Waals surface area contributed by atoms with Gasteiger partial charge in [0.1, 0.15) is 5.69 Å². The Balaban J connectivity index is 1.75. The van der Waals surface area contributed by atoms with Gasteiger partial charge in [-0.3, -0.25) is 9.59 Å². The van der Waals surface area contributed by atoms with E-state index in [0.717, 1.165) is 17.7 Å². The van der Waals surface area contributed by atoms with Crippen molar-refractivity contribution >= 4 is 23.5 Å². The molecule has 0 unspecified atom stereocenters. The highest BCUT2D eigenvalue weighted by Crippen LogP contribution is 2.24. The summed E-state index contributed by atoms with van der Waals surface area (Å²) in [5.74, 6) is 0.317. The number of piperazine rings is 1. The lowest BCUT2D eigenvalue weighted by molar-refractivity contribution is -0.130. The fraction of sp³-hybridized carbons (Fsp3) is 0.400. The number of rotatable bonds is 4. The predicted octanol–water partition coefficient (Wildman–Crippen LogP) is 2.40. The lowest BCUT2D eigenvalue weighted by Crippen LogP contribution is -2.50. The van der Waals surface area contributed by atoms with Crippen LogP contribution < -0.4 is 5.32 Å². The van der Waals surface area contributed by atoms with Crippen LogP contribution in [0, 0.1) is 6.92 Å². The first-order valence-corrected chi connectivity index (χ1v) is 9.23. The van der Waals surface area contributed by atoms with Crippen molar-refractivity contribution < 1.29 is 9.59 Å². The van der Waals surface area contributed by atoms with Gasteiger partial charge in [0.25, 0.3) is 5.91 Å². The van der Waals surface area contributed by atoms with Crippen LogP contribution in [0.5, 0.6) is 0 Å². The fourth-order valence-electron chi connectivity index (χ4n) is 3.24. The minimum atomic E-state index is -0.135. The highest BCUT2D eigenvalue weighted by atomic mass is 16.2. The zero-order chi connectivity index (χ0) is 19.4. The van der Waals surface area contributed by atoms with E-state index in [4.69, 9.17) is 0 Å². The molecule has 0 aliphatic carbocycles. The van der Waals surface area contributed by atoms with E-state index in [9.17, 15) is 9.59 Å². The second-order valence-electron chi connectivity index (χ2n) is 6.65. The molecular weight excluding hydrogens is 342 g/mol. The lowest BCUT2D eigenvalue weighted by atomic mass is 10.1. The number of hydrogen-bond donors (Lipinski definition) is 1. The number of amides is 2. The monoisotopic (exact) mass is 367 g/mol. The highest BCUT2D eigenvalue weighted by Gasteiger charge is 2.24. The molecule has 142 valence electrons. The summed E-state index contributed by atoms with van der Waals surface area (Å²) in [5, 5.41) is 3.27. The van der Waals surface area contributed by atoms with Crippen molar-refractivity contribution in [2.75, 3.05) is 31.5 Å². The predicted molar refractivity (Wildman–Crippen MR) is 104 cm³/mol. The van der Waals surface area contributed by atoms with Gasteiger partial charge in [-0.25, -0.2) is 9.97 Å². The number of carbonyl (C=O) groups is 2. The largest absolute Gasteiger partial charge is 0.339 e. The van der Waals surface area contributed by atoms with Gasteiger partial charge < -0.3 is 15.1 Å². The van der Waals surface area contributed by atoms with Crippen LogP contribution in [0.25, 0.3) is 0 Å². The molecule has 0 saturated carbocycles. The van der Waals surface area contributed by atoms with Crippen LogP contribution in [0.3, 0.4) is 0 Å². The summed E-state index contributed by atoms with van der Waals surface area (Å²) in [6, 6.07) is 7.76. The molecule has 3 rings (SSSR count). The molecule has 2 aromatic rings. The van der Waals surface area contributed by atoms with E-state index in [1.54, 1.807) is 29.0 Å². The standard InChI is InChI=1S/C20H25N5O2/c1-4-16-7-5-6-14(2)18(16)23-20-21-9-8-17(22-20)19(27)25-12-10-24(11-13-25)15(3)26/h5-9H,4,10-13H2,1-3H3,(H,21,22,23). The SMILES string of the molecule is CCc1cccc(C)c1Nc1nccc(C(=O)N2CCN(C(C)=O)CC2)n1. The molecule has 1 aromatic carbocycles. The summed E-state index contributed by atoms with van der Waals surface area (Å²) >= 11 is 0. The van der Waals surface area contributed by atoms with Crippen LogP contribution in [-0.2, 0) is 11.2 Å². The Morgan fingerprint density at radius 2 is 1.81 bits per heavy atom. The summed E-state index contributed by atoms with van der Waals surface area (Å²) in [7, 11) is 0. The minimum absolute atomic E-state index is 0.0422. The average molecular weight is 367 g/mol. The number of benzene rings is 1. The zero-order valence-electron chi connectivity index (χ0n) is 16.0. The molecule has 2 heterocycles. The molecule has 1 aromatic heterocycles. The number of aromatic nitrogens is 2. The Morgan fingerprint density at radius 3 is 2.48 bits per heavy atom. The Labute approximate surface area is 159 Å². The van der Waals surface area contributed by atoms with E-state index in [0.29, 0.717) is 37.8 Å². The first-order valence-electron chi connectivity index (χ1n) is 9.23. The van der Waals surface area contributed by atoms with E-state index in [1.165, 1.54) is 5.56 Å². The van der Waals surface area contributed by atoms with Crippen LogP contribution in [0.2, 0.25) is 0 Å². The highest BCUT2D eigenvalue weighted by molar-refractivity contribution is 5.92. The summed E-state index contributed by atoms with van der Waals surface area (Å²) in [6.45, 7) is 7.83. The first-order chi connectivity index (χ1) is 13.0. The molecule has 27 heavy (non-hydrogen) atoms. The zero-order valence-corrected chi connectivity index (χ0v) is 16.0. The molecule has 1 aliphatic rings. The van der Waals surface area contributed by atoms with E-state index < -0.39 is 0 Å². The number of nitrogens with zero attached hydrogens (tertiary/aromatic N) is 4. The van der Waals surface area contributed by atoms with Crippen LogP contribution in [0.15, 0.2) is 30.5 Å². The van der Waals surface area contributed by atoms with Gasteiger partial charge in [0.05, 0.1) is 0 Å². The van der Waals surface area contributed by atoms with Crippen molar-refractivity contribution in [3.05, 3.63) is 47.3 Å². The van der Waals surface area contributed by atoms with Gasteiger partial charge in [0, 0.05) is 45.0 Å². The summed E-state index contributed by atoms with van der Waals surface area (Å²) in [6.07, 6.45) is 2.49. The quantitative estimate of drug-likeness (QED) is 0.898. The van der Waals surface area contributed by atoms with Crippen molar-refractivity contribution in [2.24, 2.45) is 0 Å². The van der Waals surface area contributed by atoms with Gasteiger partial charge in [-0.15, -0.1) is 0 Å². The summed E-state index contributed by atoms with van der Waals surface area (Å²) in [4.78, 5) is 36.4. The van der Waals surface area contributed by atoms with Gasteiger partial charge in [-0.1, -0.05) is 25.1 Å². The first kappa shape index (κ1) is 18.8. The molecule has 1 fully saturated rings. The van der Waals surface area contributed by atoms with Crippen LogP contribution in [0.1, 0.15) is 35.5 Å². The maximum atomic E-state index is 12.8. The minimum Gasteiger partial charge on any atom is -0.339 e. The number of carbonyl (C=O) groups excluding carboxylic acids is 2. The van der Waals surface area contributed by atoms with Crippen molar-refractivity contribution in [1.82, 2.24) is 19.8 Å². The van der Waals surface area contributed by atoms with Gasteiger partial charge >= 0.3 is 0 Å². The molecule has 7 heteroatoms. The molecule has 0 bridgehead atoms. The van der Waals surface area contributed by atoms with Crippen molar-refractivity contribution in [2.45, 2.75) is 27.2 Å². The molecule has 7 nitrogen and oxygen atoms in total. The Morgan fingerprint density at radius 1 is 1.11 bits per heavy atom. The maximum Gasteiger partial charge on any atom is 0.272 e. The molecule has 2 amide bonds. The molecule has 1 N–H and O–H groups in total. The third-order valence-electron chi connectivity index (χ3n) is 4.86. The lowest BCUT2D eigenvalue weighted by Gasteiger charge is -2.34. The smallest absolute Gasteiger partial charge is 0.272 e. The number of para-hydroxylation sites is 1. The third kappa shape index (κ3) is 4.24. The van der Waals surface area contributed by atoms with Crippen molar-refractivity contribution in [1.29, 1.82) is 0 Å². The van der Waals surface area contributed by atoms with E-state index in [1.807, 2.05) is 19.1 Å². The molecule has 0 atom stereocenters.